The monoisotopic (exact) mass is 299 g/mol. The Morgan fingerprint density at radius 2 is 2.14 bits per heavy atom. The van der Waals surface area contributed by atoms with E-state index in [1.54, 1.807) is 17.4 Å². The summed E-state index contributed by atoms with van der Waals surface area (Å²) in [6.07, 6.45) is 0. The van der Waals surface area contributed by atoms with Crippen LogP contribution in [0.4, 0.5) is 0 Å². The molecule has 0 saturated carbocycles. The number of para-hydroxylation sites is 1. The zero-order chi connectivity index (χ0) is 14.7. The van der Waals surface area contributed by atoms with Gasteiger partial charge in [-0.1, -0.05) is 29.4 Å². The predicted molar refractivity (Wildman–Crippen MR) is 82.9 cm³/mol. The molecule has 2 aromatic heterocycles. The Kier molecular flexibility index (Phi) is 3.70. The second-order valence-corrected chi connectivity index (χ2v) is 5.42. The van der Waals surface area contributed by atoms with Gasteiger partial charge in [0.1, 0.15) is 6.61 Å². The van der Waals surface area contributed by atoms with Crippen molar-refractivity contribution >= 4 is 28.1 Å². The molecule has 3 rings (SSSR count). The Hall–Kier alpha value is -2.60. The van der Waals surface area contributed by atoms with Crippen LogP contribution in [0.3, 0.4) is 0 Å². The second-order valence-electron chi connectivity index (χ2n) is 4.39. The minimum Gasteiger partial charge on any atom is -0.471 e. The van der Waals surface area contributed by atoms with E-state index in [0.717, 1.165) is 15.8 Å². The van der Waals surface area contributed by atoms with Gasteiger partial charge in [-0.25, -0.2) is 4.98 Å². The molecule has 5 nitrogen and oxygen atoms in total. The van der Waals surface area contributed by atoms with Gasteiger partial charge in [-0.05, 0) is 23.6 Å². The predicted octanol–water partition coefficient (Wildman–Crippen LogP) is 2.97. The second kappa shape index (κ2) is 5.80. The lowest BCUT2D eigenvalue weighted by atomic mass is 10.1. The Bertz CT molecular complexity index is 785. The molecule has 0 aliphatic carbocycles. The number of fused-ring (bicyclic) bond motifs is 1. The van der Waals surface area contributed by atoms with E-state index in [9.17, 15) is 0 Å². The number of rotatable bonds is 4. The molecule has 0 spiro atoms. The molecule has 2 heterocycles. The van der Waals surface area contributed by atoms with Crippen LogP contribution in [0, 0.1) is 0 Å². The molecule has 21 heavy (non-hydrogen) atoms. The standard InChI is InChI=1S/C15H13N3O2S/c16-14(18-19)12-8-10-4-1-2-6-13(10)17-15(12)20-9-11-5-3-7-21-11/h1-8,19H,9H2,(H2,16,18). The van der Waals surface area contributed by atoms with Crippen LogP contribution in [0.15, 0.2) is 53.0 Å². The van der Waals surface area contributed by atoms with E-state index in [1.807, 2.05) is 41.8 Å². The maximum atomic E-state index is 8.92. The molecule has 0 aliphatic heterocycles. The molecule has 0 bridgehead atoms. The van der Waals surface area contributed by atoms with Crippen molar-refractivity contribution in [2.75, 3.05) is 0 Å². The summed E-state index contributed by atoms with van der Waals surface area (Å²) < 4.78 is 5.74. The summed E-state index contributed by atoms with van der Waals surface area (Å²) >= 11 is 1.60. The lowest BCUT2D eigenvalue weighted by Crippen LogP contribution is -2.15. The number of thiophene rings is 1. The van der Waals surface area contributed by atoms with E-state index in [-0.39, 0.29) is 5.84 Å². The van der Waals surface area contributed by atoms with Crippen LogP contribution in [0.5, 0.6) is 5.88 Å². The molecule has 0 fully saturated rings. The van der Waals surface area contributed by atoms with E-state index in [1.165, 1.54) is 0 Å². The van der Waals surface area contributed by atoms with Crippen molar-refractivity contribution in [3.8, 4) is 5.88 Å². The third-order valence-corrected chi connectivity index (χ3v) is 3.85. The van der Waals surface area contributed by atoms with Gasteiger partial charge in [-0.3, -0.25) is 0 Å². The quantitative estimate of drug-likeness (QED) is 0.336. The molecular formula is C15H13N3O2S. The van der Waals surface area contributed by atoms with Crippen LogP contribution in [-0.4, -0.2) is 16.0 Å². The molecule has 0 amide bonds. The lowest BCUT2D eigenvalue weighted by molar-refractivity contribution is 0.296. The minimum atomic E-state index is -0.0190. The molecular weight excluding hydrogens is 286 g/mol. The number of nitrogens with zero attached hydrogens (tertiary/aromatic N) is 2. The molecule has 3 N–H and O–H groups in total. The summed E-state index contributed by atoms with van der Waals surface area (Å²) in [5.41, 5.74) is 7.00. The number of benzene rings is 1. The summed E-state index contributed by atoms with van der Waals surface area (Å²) in [6.45, 7) is 0.398. The summed E-state index contributed by atoms with van der Waals surface area (Å²) in [5.74, 6) is 0.340. The van der Waals surface area contributed by atoms with Gasteiger partial charge in [0.2, 0.25) is 5.88 Å². The van der Waals surface area contributed by atoms with E-state index < -0.39 is 0 Å². The fourth-order valence-corrected chi connectivity index (χ4v) is 2.60. The van der Waals surface area contributed by atoms with Gasteiger partial charge in [0.05, 0.1) is 11.1 Å². The maximum absolute atomic E-state index is 8.92. The van der Waals surface area contributed by atoms with Crippen molar-refractivity contribution in [3.63, 3.8) is 0 Å². The number of oxime groups is 1. The first-order chi connectivity index (χ1) is 10.3. The normalized spacial score (nSPS) is 11.7. The Morgan fingerprint density at radius 3 is 2.90 bits per heavy atom. The van der Waals surface area contributed by atoms with Crippen LogP contribution >= 0.6 is 11.3 Å². The van der Waals surface area contributed by atoms with Gasteiger partial charge in [0.15, 0.2) is 5.84 Å². The molecule has 0 atom stereocenters. The van der Waals surface area contributed by atoms with E-state index in [0.29, 0.717) is 18.1 Å². The number of aromatic nitrogens is 1. The zero-order valence-corrected chi connectivity index (χ0v) is 11.9. The van der Waals surface area contributed by atoms with Crippen molar-refractivity contribution < 1.29 is 9.94 Å². The fraction of sp³-hybridized carbons (Fsp3) is 0.0667. The van der Waals surface area contributed by atoms with Crippen LogP contribution in [0.25, 0.3) is 10.9 Å². The van der Waals surface area contributed by atoms with Gasteiger partial charge < -0.3 is 15.7 Å². The molecule has 6 heteroatoms. The summed E-state index contributed by atoms with van der Waals surface area (Å²) in [6, 6.07) is 13.4. The van der Waals surface area contributed by atoms with E-state index in [4.69, 9.17) is 15.7 Å². The van der Waals surface area contributed by atoms with Gasteiger partial charge in [0.25, 0.3) is 0 Å². The smallest absolute Gasteiger partial charge is 0.225 e. The fourth-order valence-electron chi connectivity index (χ4n) is 1.98. The van der Waals surface area contributed by atoms with Crippen molar-refractivity contribution in [3.05, 3.63) is 58.3 Å². The average Bonchev–Trinajstić information content (AvgIpc) is 3.04. The van der Waals surface area contributed by atoms with E-state index in [2.05, 4.69) is 10.1 Å². The number of nitrogens with two attached hydrogens (primary N) is 1. The van der Waals surface area contributed by atoms with Crippen molar-refractivity contribution in [2.24, 2.45) is 10.9 Å². The van der Waals surface area contributed by atoms with Crippen LogP contribution in [-0.2, 0) is 6.61 Å². The Labute approximate surface area is 125 Å². The third-order valence-electron chi connectivity index (χ3n) is 3.00. The zero-order valence-electron chi connectivity index (χ0n) is 11.1. The summed E-state index contributed by atoms with van der Waals surface area (Å²) in [5, 5.41) is 14.9. The molecule has 106 valence electrons. The first-order valence-corrected chi connectivity index (χ1v) is 7.19. The number of amidine groups is 1. The number of ether oxygens (including phenoxy) is 1. The van der Waals surface area contributed by atoms with Crippen LogP contribution in [0.2, 0.25) is 0 Å². The first kappa shape index (κ1) is 13.4. The van der Waals surface area contributed by atoms with Crippen LogP contribution < -0.4 is 10.5 Å². The third kappa shape index (κ3) is 2.80. The minimum absolute atomic E-state index is 0.0190. The number of hydrogen-bond donors (Lipinski definition) is 2. The summed E-state index contributed by atoms with van der Waals surface area (Å²) in [4.78, 5) is 5.53. The average molecular weight is 299 g/mol. The van der Waals surface area contributed by atoms with Crippen LogP contribution in [0.1, 0.15) is 10.4 Å². The Morgan fingerprint density at radius 1 is 1.29 bits per heavy atom. The van der Waals surface area contributed by atoms with Crippen molar-refractivity contribution in [1.82, 2.24) is 4.98 Å². The molecule has 0 unspecified atom stereocenters. The maximum Gasteiger partial charge on any atom is 0.225 e. The van der Waals surface area contributed by atoms with Gasteiger partial charge >= 0.3 is 0 Å². The first-order valence-electron chi connectivity index (χ1n) is 6.31. The molecule has 1 aromatic carbocycles. The summed E-state index contributed by atoms with van der Waals surface area (Å²) in [7, 11) is 0. The van der Waals surface area contributed by atoms with Crippen molar-refractivity contribution in [1.29, 1.82) is 0 Å². The van der Waals surface area contributed by atoms with Gasteiger partial charge in [0, 0.05) is 10.3 Å². The highest BCUT2D eigenvalue weighted by Crippen LogP contribution is 2.23. The van der Waals surface area contributed by atoms with Gasteiger partial charge in [-0.2, -0.15) is 0 Å². The number of pyridine rings is 1. The van der Waals surface area contributed by atoms with Crippen molar-refractivity contribution in [2.45, 2.75) is 6.61 Å². The Balaban J connectivity index is 2.01. The number of hydrogen-bond acceptors (Lipinski definition) is 5. The van der Waals surface area contributed by atoms with Gasteiger partial charge in [-0.15, -0.1) is 11.3 Å². The highest BCUT2D eigenvalue weighted by molar-refractivity contribution is 7.09. The molecule has 0 radical (unpaired) electrons. The largest absolute Gasteiger partial charge is 0.471 e. The molecule has 3 aromatic rings. The molecule has 0 aliphatic rings. The highest BCUT2D eigenvalue weighted by atomic mass is 32.1. The SMILES string of the molecule is NC(=NO)c1cc2ccccc2nc1OCc1cccs1. The lowest BCUT2D eigenvalue weighted by Gasteiger charge is -2.10. The topological polar surface area (TPSA) is 80.7 Å². The molecule has 0 saturated heterocycles. The highest BCUT2D eigenvalue weighted by Gasteiger charge is 2.12. The van der Waals surface area contributed by atoms with E-state index >= 15 is 0 Å².